The van der Waals surface area contributed by atoms with Crippen molar-refractivity contribution in [2.75, 3.05) is 31.7 Å². The number of nitrogens with zero attached hydrogens (tertiary/aromatic N) is 1. The molecule has 7 nitrogen and oxygen atoms in total. The van der Waals surface area contributed by atoms with Crippen molar-refractivity contribution in [3.63, 3.8) is 0 Å². The molecule has 1 saturated heterocycles. The summed E-state index contributed by atoms with van der Waals surface area (Å²) in [5.74, 6) is 1.46. The quantitative estimate of drug-likeness (QED) is 0.565. The zero-order chi connectivity index (χ0) is 22.4. The first-order chi connectivity index (χ1) is 14.9. The van der Waals surface area contributed by atoms with E-state index in [4.69, 9.17) is 9.47 Å². The predicted molar refractivity (Wildman–Crippen MR) is 120 cm³/mol. The van der Waals surface area contributed by atoms with Crippen molar-refractivity contribution in [2.24, 2.45) is 0 Å². The summed E-state index contributed by atoms with van der Waals surface area (Å²) in [6, 6.07) is 10.7. The molecule has 1 aliphatic heterocycles. The van der Waals surface area contributed by atoms with Crippen LogP contribution >= 0.6 is 0 Å². The molecule has 0 aromatic heterocycles. The minimum absolute atomic E-state index is 0.0859. The summed E-state index contributed by atoms with van der Waals surface area (Å²) < 4.78 is 38.9. The van der Waals surface area contributed by atoms with Gasteiger partial charge in [-0.05, 0) is 74.6 Å². The molecule has 1 aliphatic rings. The highest BCUT2D eigenvalue weighted by Gasteiger charge is 2.24. The van der Waals surface area contributed by atoms with E-state index in [1.54, 1.807) is 30.2 Å². The summed E-state index contributed by atoms with van der Waals surface area (Å²) in [6.07, 6.45) is 2.73. The summed E-state index contributed by atoms with van der Waals surface area (Å²) in [7, 11) is -2.02. The Hall–Kier alpha value is -2.58. The number of aryl methyl sites for hydroxylation is 2. The number of methoxy groups -OCH3 is 1. The van der Waals surface area contributed by atoms with E-state index in [0.29, 0.717) is 50.5 Å². The molecule has 1 N–H and O–H groups in total. The lowest BCUT2D eigenvalue weighted by Gasteiger charge is -2.19. The Balaban J connectivity index is 1.58. The molecule has 0 radical (unpaired) electrons. The second kappa shape index (κ2) is 10.2. The van der Waals surface area contributed by atoms with E-state index < -0.39 is 10.0 Å². The molecule has 1 heterocycles. The van der Waals surface area contributed by atoms with Gasteiger partial charge in [0.2, 0.25) is 15.9 Å². The molecule has 0 bridgehead atoms. The number of hydrogen-bond donors (Lipinski definition) is 1. The molecule has 0 atom stereocenters. The van der Waals surface area contributed by atoms with E-state index in [2.05, 4.69) is 4.72 Å². The van der Waals surface area contributed by atoms with Crippen LogP contribution in [0, 0.1) is 6.92 Å². The van der Waals surface area contributed by atoms with Gasteiger partial charge in [-0.3, -0.25) is 4.79 Å². The number of sulfonamides is 1. The number of amides is 1. The first-order valence-corrected chi connectivity index (χ1v) is 12.0. The fraction of sp³-hybridized carbons (Fsp3) is 0.435. The van der Waals surface area contributed by atoms with Crippen molar-refractivity contribution < 1.29 is 22.7 Å². The summed E-state index contributed by atoms with van der Waals surface area (Å²) in [5.41, 5.74) is 2.61. The summed E-state index contributed by atoms with van der Waals surface area (Å²) >= 11 is 0. The van der Waals surface area contributed by atoms with Crippen LogP contribution in [0.4, 0.5) is 5.69 Å². The van der Waals surface area contributed by atoms with Crippen LogP contribution in [0.5, 0.6) is 11.5 Å². The van der Waals surface area contributed by atoms with Gasteiger partial charge in [0.25, 0.3) is 0 Å². The second-order valence-electron chi connectivity index (χ2n) is 7.52. The van der Waals surface area contributed by atoms with Crippen LogP contribution in [0.2, 0.25) is 0 Å². The van der Waals surface area contributed by atoms with Gasteiger partial charge in [0.05, 0.1) is 18.6 Å². The van der Waals surface area contributed by atoms with Crippen molar-refractivity contribution >= 4 is 21.6 Å². The maximum atomic E-state index is 12.7. The highest BCUT2D eigenvalue weighted by Crippen LogP contribution is 2.29. The Bertz CT molecular complexity index is 1040. The number of carbonyl (C=O) groups excluding carboxylic acids is 1. The SMILES string of the molecule is CCOc1ccc(CCCNS(=O)(=O)c2ccc(N3CCCC3=O)c(C)c2)cc1OC. The van der Waals surface area contributed by atoms with Gasteiger partial charge in [-0.25, -0.2) is 13.1 Å². The largest absolute Gasteiger partial charge is 0.493 e. The number of benzene rings is 2. The molecule has 0 aliphatic carbocycles. The lowest BCUT2D eigenvalue weighted by atomic mass is 10.1. The molecule has 1 fully saturated rings. The maximum Gasteiger partial charge on any atom is 0.240 e. The van der Waals surface area contributed by atoms with Crippen LogP contribution in [-0.2, 0) is 21.2 Å². The van der Waals surface area contributed by atoms with E-state index in [-0.39, 0.29) is 10.8 Å². The third-order valence-corrected chi connectivity index (χ3v) is 6.76. The highest BCUT2D eigenvalue weighted by molar-refractivity contribution is 7.89. The third kappa shape index (κ3) is 5.57. The predicted octanol–water partition coefficient (Wildman–Crippen LogP) is 3.44. The topological polar surface area (TPSA) is 84.9 Å². The molecule has 0 spiro atoms. The fourth-order valence-electron chi connectivity index (χ4n) is 3.73. The van der Waals surface area contributed by atoms with Crippen molar-refractivity contribution in [3.05, 3.63) is 47.5 Å². The van der Waals surface area contributed by atoms with E-state index in [1.165, 1.54) is 0 Å². The second-order valence-corrected chi connectivity index (χ2v) is 9.28. The smallest absolute Gasteiger partial charge is 0.240 e. The molecule has 31 heavy (non-hydrogen) atoms. The molecular weight excluding hydrogens is 416 g/mol. The van der Waals surface area contributed by atoms with Gasteiger partial charge in [0, 0.05) is 25.2 Å². The summed E-state index contributed by atoms with van der Waals surface area (Å²) in [6.45, 7) is 5.32. The normalized spacial score (nSPS) is 14.2. The number of rotatable bonds is 10. The number of nitrogens with one attached hydrogen (secondary N) is 1. The number of anilines is 1. The molecule has 2 aromatic rings. The average Bonchev–Trinajstić information content (AvgIpc) is 3.17. The van der Waals surface area contributed by atoms with Crippen molar-refractivity contribution in [3.8, 4) is 11.5 Å². The monoisotopic (exact) mass is 446 g/mol. The molecule has 1 amide bonds. The van der Waals surface area contributed by atoms with Crippen molar-refractivity contribution in [1.29, 1.82) is 0 Å². The van der Waals surface area contributed by atoms with Crippen LogP contribution in [-0.4, -0.2) is 41.1 Å². The fourth-order valence-corrected chi connectivity index (χ4v) is 4.88. The van der Waals surface area contributed by atoms with Gasteiger partial charge in [-0.2, -0.15) is 0 Å². The first-order valence-electron chi connectivity index (χ1n) is 10.6. The molecule has 0 unspecified atom stereocenters. The summed E-state index contributed by atoms with van der Waals surface area (Å²) in [4.78, 5) is 13.9. The van der Waals surface area contributed by atoms with Gasteiger partial charge in [-0.15, -0.1) is 0 Å². The Labute approximate surface area is 184 Å². The Morgan fingerprint density at radius 1 is 1.13 bits per heavy atom. The zero-order valence-corrected chi connectivity index (χ0v) is 19.1. The summed E-state index contributed by atoms with van der Waals surface area (Å²) in [5, 5.41) is 0. The van der Waals surface area contributed by atoms with E-state index in [0.717, 1.165) is 23.2 Å². The van der Waals surface area contributed by atoms with E-state index in [1.807, 2.05) is 32.0 Å². The van der Waals surface area contributed by atoms with Gasteiger partial charge in [-0.1, -0.05) is 6.07 Å². The first kappa shape index (κ1) is 23.1. The van der Waals surface area contributed by atoms with Gasteiger partial charge in [0.15, 0.2) is 11.5 Å². The van der Waals surface area contributed by atoms with Crippen molar-refractivity contribution in [1.82, 2.24) is 4.72 Å². The maximum absolute atomic E-state index is 12.7. The zero-order valence-electron chi connectivity index (χ0n) is 18.3. The van der Waals surface area contributed by atoms with Crippen molar-refractivity contribution in [2.45, 2.75) is 44.4 Å². The third-order valence-electron chi connectivity index (χ3n) is 5.30. The lowest BCUT2D eigenvalue weighted by Crippen LogP contribution is -2.26. The van der Waals surface area contributed by atoms with Crippen LogP contribution in [0.1, 0.15) is 37.3 Å². The van der Waals surface area contributed by atoms with Gasteiger partial charge >= 0.3 is 0 Å². The minimum atomic E-state index is -3.62. The van der Waals surface area contributed by atoms with E-state index >= 15 is 0 Å². The molecule has 3 rings (SSSR count). The number of carbonyl (C=O) groups is 1. The Morgan fingerprint density at radius 3 is 2.58 bits per heavy atom. The average molecular weight is 447 g/mol. The van der Waals surface area contributed by atoms with Gasteiger partial charge < -0.3 is 14.4 Å². The lowest BCUT2D eigenvalue weighted by molar-refractivity contribution is -0.117. The number of hydrogen-bond acceptors (Lipinski definition) is 5. The van der Waals surface area contributed by atoms with Crippen LogP contribution < -0.4 is 19.1 Å². The Morgan fingerprint density at radius 2 is 1.94 bits per heavy atom. The van der Waals surface area contributed by atoms with Crippen LogP contribution in [0.25, 0.3) is 0 Å². The van der Waals surface area contributed by atoms with Crippen LogP contribution in [0.3, 0.4) is 0 Å². The molecule has 2 aromatic carbocycles. The van der Waals surface area contributed by atoms with Gasteiger partial charge in [0.1, 0.15) is 0 Å². The molecule has 168 valence electrons. The molecular formula is C23H30N2O5S. The standard InChI is InChI=1S/C23H30N2O5S/c1-4-30-21-12-9-18(16-22(21)29-3)7-5-13-24-31(27,28)19-10-11-20(17(2)15-19)25-14-6-8-23(25)26/h9-12,15-16,24H,4-8,13-14H2,1-3H3. The molecule has 8 heteroatoms. The van der Waals surface area contributed by atoms with Crippen LogP contribution in [0.15, 0.2) is 41.3 Å². The van der Waals surface area contributed by atoms with E-state index in [9.17, 15) is 13.2 Å². The minimum Gasteiger partial charge on any atom is -0.493 e. The molecule has 0 saturated carbocycles. The highest BCUT2D eigenvalue weighted by atomic mass is 32.2. The number of ether oxygens (including phenoxy) is 2. The Kier molecular flexibility index (Phi) is 7.56.